The summed E-state index contributed by atoms with van der Waals surface area (Å²) in [6.45, 7) is 0. The largest absolute Gasteiger partial charge is 0.417 e. The fourth-order valence-corrected chi connectivity index (χ4v) is 5.17. The molecule has 0 radical (unpaired) electrons. The topological polar surface area (TPSA) is 46.2 Å². The molecule has 1 N–H and O–H groups in total. The molecule has 3 rings (SSSR count). The summed E-state index contributed by atoms with van der Waals surface area (Å²) in [4.78, 5) is -0.553. The van der Waals surface area contributed by atoms with Gasteiger partial charge in [0.2, 0.25) is 0 Å². The van der Waals surface area contributed by atoms with E-state index in [4.69, 9.17) is 23.2 Å². The van der Waals surface area contributed by atoms with E-state index in [1.807, 2.05) is 30.3 Å². The van der Waals surface area contributed by atoms with Crippen LogP contribution in [0.5, 0.6) is 0 Å². The Hall–Kier alpha value is -1.79. The third-order valence-electron chi connectivity index (χ3n) is 3.83. The number of sulfonamides is 1. The van der Waals surface area contributed by atoms with Gasteiger partial charge in [-0.05, 0) is 35.6 Å². The minimum absolute atomic E-state index is 0.115. The number of nitrogens with one attached hydrogen (secondary N) is 1. The van der Waals surface area contributed by atoms with E-state index >= 15 is 0 Å². The Bertz CT molecular complexity index is 1140. The summed E-state index contributed by atoms with van der Waals surface area (Å²) in [6.07, 6.45) is -4.78. The molecular weight excluding hydrogens is 465 g/mol. The Morgan fingerprint density at radius 3 is 2.24 bits per heavy atom. The van der Waals surface area contributed by atoms with E-state index in [-0.39, 0.29) is 19.3 Å². The van der Waals surface area contributed by atoms with Crippen LogP contribution in [0.25, 0.3) is 0 Å². The molecule has 0 saturated carbocycles. The van der Waals surface area contributed by atoms with Crippen molar-refractivity contribution in [1.82, 2.24) is 0 Å². The van der Waals surface area contributed by atoms with Crippen LogP contribution in [0.1, 0.15) is 5.56 Å². The number of halogens is 5. The lowest BCUT2D eigenvalue weighted by molar-refractivity contribution is -0.137. The van der Waals surface area contributed by atoms with E-state index < -0.39 is 31.7 Å². The zero-order valence-corrected chi connectivity index (χ0v) is 17.8. The highest BCUT2D eigenvalue weighted by Crippen LogP contribution is 2.36. The van der Waals surface area contributed by atoms with Crippen LogP contribution in [0.4, 0.5) is 18.9 Å². The smallest absolute Gasteiger partial charge is 0.279 e. The summed E-state index contributed by atoms with van der Waals surface area (Å²) in [7, 11) is -4.19. The quantitative estimate of drug-likeness (QED) is 0.497. The Morgan fingerprint density at radius 1 is 0.897 bits per heavy atom. The van der Waals surface area contributed by atoms with Gasteiger partial charge >= 0.3 is 6.18 Å². The number of rotatable bonds is 5. The fraction of sp³-hybridized carbons (Fsp3) is 0.0526. The van der Waals surface area contributed by atoms with Crippen molar-refractivity contribution < 1.29 is 21.6 Å². The van der Waals surface area contributed by atoms with E-state index in [2.05, 4.69) is 4.72 Å². The van der Waals surface area contributed by atoms with E-state index in [0.29, 0.717) is 11.4 Å². The first-order valence-electron chi connectivity index (χ1n) is 8.07. The van der Waals surface area contributed by atoms with Gasteiger partial charge in [0, 0.05) is 10.3 Å². The van der Waals surface area contributed by atoms with Crippen LogP contribution in [0, 0.1) is 0 Å². The molecule has 1 atom stereocenters. The van der Waals surface area contributed by atoms with E-state index in [1.165, 1.54) is 6.07 Å². The molecule has 0 heterocycles. The lowest BCUT2D eigenvalue weighted by atomic mass is 10.2. The predicted molar refractivity (Wildman–Crippen MR) is 113 cm³/mol. The average Bonchev–Trinajstić information content (AvgIpc) is 2.64. The number of anilines is 1. The molecule has 0 aliphatic rings. The molecule has 0 fully saturated rings. The summed E-state index contributed by atoms with van der Waals surface area (Å²) in [5.74, 6) is 0. The molecule has 3 nitrogen and oxygen atoms in total. The highest BCUT2D eigenvalue weighted by molar-refractivity contribution is 7.92. The van der Waals surface area contributed by atoms with Gasteiger partial charge in [0.05, 0.1) is 21.2 Å². The lowest BCUT2D eigenvalue weighted by Gasteiger charge is -2.15. The second-order valence-electron chi connectivity index (χ2n) is 5.93. The maximum atomic E-state index is 13.1. The molecule has 0 spiro atoms. The van der Waals surface area contributed by atoms with Gasteiger partial charge in [-0.1, -0.05) is 68.2 Å². The Morgan fingerprint density at radius 2 is 1.59 bits per heavy atom. The standard InChI is InChI=1S/C19H13Cl2F3NO2PS/c20-12-6-9-18(28-13-4-2-1-3-5-13)17(10-12)25-29(26,27)14-7-8-16(21)15(11-14)19(22,23)24/h1-11,25,28H. The maximum Gasteiger partial charge on any atom is 0.417 e. The Kier molecular flexibility index (Phi) is 6.44. The molecule has 0 saturated heterocycles. The van der Waals surface area contributed by atoms with Gasteiger partial charge in [0.1, 0.15) is 0 Å². The first kappa shape index (κ1) is 21.9. The monoisotopic (exact) mass is 477 g/mol. The first-order valence-corrected chi connectivity index (χ1v) is 11.3. The molecule has 3 aromatic rings. The molecule has 0 aromatic heterocycles. The summed E-state index contributed by atoms with van der Waals surface area (Å²) >= 11 is 11.6. The van der Waals surface area contributed by atoms with Crippen molar-refractivity contribution in [3.63, 3.8) is 0 Å². The van der Waals surface area contributed by atoms with Crippen LogP contribution in [0.3, 0.4) is 0 Å². The maximum absolute atomic E-state index is 13.1. The fourth-order valence-electron chi connectivity index (χ4n) is 2.48. The number of hydrogen-bond acceptors (Lipinski definition) is 2. The first-order chi connectivity index (χ1) is 13.6. The second-order valence-corrected chi connectivity index (χ2v) is 9.82. The summed E-state index contributed by atoms with van der Waals surface area (Å²) in [5, 5.41) is 1.32. The van der Waals surface area contributed by atoms with Crippen LogP contribution >= 0.6 is 31.8 Å². The summed E-state index contributed by atoms with van der Waals surface area (Å²) in [6, 6.07) is 16.5. The van der Waals surface area contributed by atoms with Crippen molar-refractivity contribution in [2.45, 2.75) is 11.1 Å². The predicted octanol–water partition coefficient (Wildman–Crippen LogP) is 5.44. The van der Waals surface area contributed by atoms with Gasteiger partial charge in [-0.15, -0.1) is 0 Å². The van der Waals surface area contributed by atoms with Crippen molar-refractivity contribution >= 4 is 58.1 Å². The molecule has 0 bridgehead atoms. The highest BCUT2D eigenvalue weighted by atomic mass is 35.5. The Labute approximate surface area is 177 Å². The van der Waals surface area contributed by atoms with E-state index in [9.17, 15) is 21.6 Å². The zero-order chi connectivity index (χ0) is 21.2. The molecule has 0 aliphatic carbocycles. The number of alkyl halides is 3. The van der Waals surface area contributed by atoms with Crippen LogP contribution in [0.2, 0.25) is 10.0 Å². The molecule has 0 aliphatic heterocycles. The minimum Gasteiger partial charge on any atom is -0.279 e. The minimum atomic E-state index is -4.78. The lowest BCUT2D eigenvalue weighted by Crippen LogP contribution is -2.19. The van der Waals surface area contributed by atoms with Crippen molar-refractivity contribution in [3.05, 3.63) is 82.3 Å². The molecule has 0 amide bonds. The van der Waals surface area contributed by atoms with Crippen LogP contribution in [-0.2, 0) is 16.2 Å². The number of hydrogen-bond donors (Lipinski definition) is 1. The van der Waals surface area contributed by atoms with Gasteiger partial charge in [-0.3, -0.25) is 4.72 Å². The van der Waals surface area contributed by atoms with Crippen molar-refractivity contribution in [3.8, 4) is 0 Å². The summed E-state index contributed by atoms with van der Waals surface area (Å²) in [5.41, 5.74) is -1.03. The van der Waals surface area contributed by atoms with E-state index in [1.54, 1.807) is 12.1 Å². The van der Waals surface area contributed by atoms with Crippen LogP contribution in [0.15, 0.2) is 71.6 Å². The van der Waals surface area contributed by atoms with Gasteiger partial charge in [0.15, 0.2) is 0 Å². The molecule has 1 unspecified atom stereocenters. The molecule has 10 heteroatoms. The van der Waals surface area contributed by atoms with Gasteiger partial charge < -0.3 is 0 Å². The molecule has 152 valence electrons. The molecular formula is C19H13Cl2F3NO2PS. The molecule has 29 heavy (non-hydrogen) atoms. The van der Waals surface area contributed by atoms with Crippen LogP contribution < -0.4 is 15.3 Å². The van der Waals surface area contributed by atoms with Crippen LogP contribution in [-0.4, -0.2) is 8.42 Å². The Balaban J connectivity index is 1.98. The van der Waals surface area contributed by atoms with Crippen molar-refractivity contribution in [1.29, 1.82) is 0 Å². The van der Waals surface area contributed by atoms with Gasteiger partial charge in [-0.25, -0.2) is 8.42 Å². The second kappa shape index (κ2) is 8.52. The van der Waals surface area contributed by atoms with Gasteiger partial charge in [0.25, 0.3) is 10.0 Å². The average molecular weight is 478 g/mol. The normalized spacial score (nSPS) is 12.4. The SMILES string of the molecule is O=S(=O)(Nc1cc(Cl)ccc1Pc1ccccc1)c1ccc(Cl)c(C(F)(F)F)c1. The zero-order valence-electron chi connectivity index (χ0n) is 14.5. The molecule has 3 aromatic carbocycles. The summed E-state index contributed by atoms with van der Waals surface area (Å²) < 4.78 is 67.1. The van der Waals surface area contributed by atoms with Crippen molar-refractivity contribution in [2.75, 3.05) is 4.72 Å². The number of benzene rings is 3. The van der Waals surface area contributed by atoms with Crippen molar-refractivity contribution in [2.24, 2.45) is 0 Å². The third kappa shape index (κ3) is 5.43. The van der Waals surface area contributed by atoms with Gasteiger partial charge in [-0.2, -0.15) is 13.2 Å². The van der Waals surface area contributed by atoms with E-state index in [0.717, 1.165) is 17.4 Å². The third-order valence-corrected chi connectivity index (χ3v) is 7.09. The highest BCUT2D eigenvalue weighted by Gasteiger charge is 2.34.